The highest BCUT2D eigenvalue weighted by atomic mass is 19.1. The quantitative estimate of drug-likeness (QED) is 0.589. The van der Waals surface area contributed by atoms with E-state index in [4.69, 9.17) is 5.73 Å². The number of carbonyl (C=O) groups excluding carboxylic acids is 2. The van der Waals surface area contributed by atoms with Crippen LogP contribution in [0.1, 0.15) is 31.7 Å². The minimum absolute atomic E-state index is 0.171. The Morgan fingerprint density at radius 3 is 2.96 bits per heavy atom. The zero-order chi connectivity index (χ0) is 17.5. The lowest BCUT2D eigenvalue weighted by atomic mass is 10.1. The van der Waals surface area contributed by atoms with Crippen molar-refractivity contribution < 1.29 is 14.0 Å². The Labute approximate surface area is 141 Å². The molecule has 1 aromatic rings. The predicted molar refractivity (Wildman–Crippen MR) is 91.5 cm³/mol. The maximum absolute atomic E-state index is 13.2. The molecule has 0 saturated carbocycles. The largest absolute Gasteiger partial charge is 0.368 e. The van der Waals surface area contributed by atoms with Crippen molar-refractivity contribution in [2.45, 2.75) is 32.2 Å². The second-order valence-electron chi connectivity index (χ2n) is 6.08. The van der Waals surface area contributed by atoms with Gasteiger partial charge in [-0.3, -0.25) is 14.5 Å². The number of rotatable bonds is 7. The molecular weight excluding hydrogens is 309 g/mol. The molecule has 1 aromatic carbocycles. The highest BCUT2D eigenvalue weighted by Crippen LogP contribution is 2.17. The number of nitrogens with zero attached hydrogens (tertiary/aromatic N) is 1. The van der Waals surface area contributed by atoms with E-state index in [0.29, 0.717) is 17.7 Å². The summed E-state index contributed by atoms with van der Waals surface area (Å²) in [7, 11) is 0. The Kier molecular flexibility index (Phi) is 6.49. The highest BCUT2D eigenvalue weighted by Gasteiger charge is 2.28. The number of halogens is 1. The predicted octanol–water partition coefficient (Wildman–Crippen LogP) is 1.69. The van der Waals surface area contributed by atoms with Crippen molar-refractivity contribution in [1.82, 2.24) is 10.2 Å². The lowest BCUT2D eigenvalue weighted by molar-refractivity contribution is -0.122. The maximum atomic E-state index is 13.2. The van der Waals surface area contributed by atoms with Gasteiger partial charge in [-0.2, -0.15) is 0 Å². The summed E-state index contributed by atoms with van der Waals surface area (Å²) in [6.45, 7) is 3.91. The number of hydrogen-bond acceptors (Lipinski definition) is 3. The minimum Gasteiger partial charge on any atom is -0.368 e. The van der Waals surface area contributed by atoms with Crippen LogP contribution in [0, 0.1) is 5.82 Å². The fourth-order valence-corrected chi connectivity index (χ4v) is 2.97. The van der Waals surface area contributed by atoms with Gasteiger partial charge in [-0.25, -0.2) is 4.39 Å². The van der Waals surface area contributed by atoms with Crippen molar-refractivity contribution in [3.63, 3.8) is 0 Å². The summed E-state index contributed by atoms with van der Waals surface area (Å²) in [5.74, 6) is -0.801. The van der Waals surface area contributed by atoms with Gasteiger partial charge in [-0.1, -0.05) is 12.1 Å². The van der Waals surface area contributed by atoms with Gasteiger partial charge in [0.2, 0.25) is 11.8 Å². The molecule has 5 nitrogen and oxygen atoms in total. The third kappa shape index (κ3) is 5.16. The second kappa shape index (κ2) is 8.59. The smallest absolute Gasteiger partial charge is 0.244 e. The topological polar surface area (TPSA) is 75.4 Å². The SMILES string of the molecule is C/C(=C\C(=O)NCCCN1CCCC1C(N)=O)c1cccc(F)c1. The number of carbonyl (C=O) groups is 2. The molecule has 2 rings (SSSR count). The van der Waals surface area contributed by atoms with E-state index in [1.165, 1.54) is 18.2 Å². The van der Waals surface area contributed by atoms with Crippen molar-refractivity contribution in [3.8, 4) is 0 Å². The van der Waals surface area contributed by atoms with Gasteiger partial charge in [0.05, 0.1) is 6.04 Å². The van der Waals surface area contributed by atoms with Gasteiger partial charge < -0.3 is 11.1 Å². The van der Waals surface area contributed by atoms with Crippen molar-refractivity contribution in [2.24, 2.45) is 5.73 Å². The molecule has 24 heavy (non-hydrogen) atoms. The summed E-state index contributed by atoms with van der Waals surface area (Å²) >= 11 is 0. The molecule has 0 aromatic heterocycles. The maximum Gasteiger partial charge on any atom is 0.244 e. The number of likely N-dealkylation sites (tertiary alicyclic amines) is 1. The molecule has 130 valence electrons. The van der Waals surface area contributed by atoms with E-state index in [9.17, 15) is 14.0 Å². The first-order chi connectivity index (χ1) is 11.5. The third-order valence-electron chi connectivity index (χ3n) is 4.24. The molecule has 0 bridgehead atoms. The van der Waals surface area contributed by atoms with Crippen molar-refractivity contribution in [2.75, 3.05) is 19.6 Å². The Bertz CT molecular complexity index is 630. The van der Waals surface area contributed by atoms with Crippen molar-refractivity contribution in [1.29, 1.82) is 0 Å². The normalized spacial score (nSPS) is 18.6. The number of nitrogens with two attached hydrogens (primary N) is 1. The van der Waals surface area contributed by atoms with Gasteiger partial charge in [0.15, 0.2) is 0 Å². The van der Waals surface area contributed by atoms with E-state index < -0.39 is 0 Å². The summed E-state index contributed by atoms with van der Waals surface area (Å²) in [4.78, 5) is 25.3. The summed E-state index contributed by atoms with van der Waals surface area (Å²) in [6.07, 6.45) is 4.02. The van der Waals surface area contributed by atoms with Crippen LogP contribution in [-0.4, -0.2) is 42.4 Å². The number of primary amides is 1. The van der Waals surface area contributed by atoms with E-state index in [2.05, 4.69) is 10.2 Å². The van der Waals surface area contributed by atoms with Crippen LogP contribution in [0.4, 0.5) is 4.39 Å². The Morgan fingerprint density at radius 2 is 2.25 bits per heavy atom. The van der Waals surface area contributed by atoms with Gasteiger partial charge in [0.1, 0.15) is 5.82 Å². The molecular formula is C18H24FN3O2. The standard InChI is InChI=1S/C18H24FN3O2/c1-13(14-5-2-6-15(19)12-14)11-17(23)21-8-4-10-22-9-3-7-16(22)18(20)24/h2,5-6,11-12,16H,3-4,7-10H2,1H3,(H2,20,24)(H,21,23)/b13-11+. The summed E-state index contributed by atoms with van der Waals surface area (Å²) < 4.78 is 13.2. The second-order valence-corrected chi connectivity index (χ2v) is 6.08. The number of allylic oxidation sites excluding steroid dienone is 1. The number of nitrogens with one attached hydrogen (secondary N) is 1. The number of benzene rings is 1. The summed E-state index contributed by atoms with van der Waals surface area (Å²) in [5.41, 5.74) is 6.77. The average molecular weight is 333 g/mol. The van der Waals surface area contributed by atoms with Gasteiger partial charge in [-0.15, -0.1) is 0 Å². The average Bonchev–Trinajstić information content (AvgIpc) is 3.00. The lowest BCUT2D eigenvalue weighted by Crippen LogP contribution is -2.41. The van der Waals surface area contributed by atoms with E-state index in [1.54, 1.807) is 19.1 Å². The molecule has 0 spiro atoms. The van der Waals surface area contributed by atoms with Crippen molar-refractivity contribution in [3.05, 3.63) is 41.7 Å². The molecule has 1 unspecified atom stereocenters. The molecule has 1 saturated heterocycles. The van der Waals surface area contributed by atoms with E-state index in [-0.39, 0.29) is 23.7 Å². The first-order valence-corrected chi connectivity index (χ1v) is 8.23. The van der Waals surface area contributed by atoms with Gasteiger partial charge in [-0.05, 0) is 56.0 Å². The molecule has 1 fully saturated rings. The van der Waals surface area contributed by atoms with Crippen LogP contribution in [-0.2, 0) is 9.59 Å². The molecule has 2 amide bonds. The van der Waals surface area contributed by atoms with Gasteiger partial charge in [0.25, 0.3) is 0 Å². The number of amides is 2. The van der Waals surface area contributed by atoms with Crippen LogP contribution in [0.2, 0.25) is 0 Å². The molecule has 0 aliphatic carbocycles. The van der Waals surface area contributed by atoms with E-state index in [0.717, 1.165) is 32.4 Å². The van der Waals surface area contributed by atoms with Crippen LogP contribution < -0.4 is 11.1 Å². The lowest BCUT2D eigenvalue weighted by Gasteiger charge is -2.21. The molecule has 1 aliphatic rings. The zero-order valence-electron chi connectivity index (χ0n) is 13.9. The zero-order valence-corrected chi connectivity index (χ0v) is 13.9. The van der Waals surface area contributed by atoms with Crippen LogP contribution in [0.15, 0.2) is 30.3 Å². The van der Waals surface area contributed by atoms with Gasteiger partial charge >= 0.3 is 0 Å². The van der Waals surface area contributed by atoms with Crippen LogP contribution >= 0.6 is 0 Å². The number of hydrogen-bond donors (Lipinski definition) is 2. The summed E-state index contributed by atoms with van der Waals surface area (Å²) in [5, 5.41) is 2.81. The van der Waals surface area contributed by atoms with Gasteiger partial charge in [0, 0.05) is 19.2 Å². The monoisotopic (exact) mass is 333 g/mol. The molecule has 3 N–H and O–H groups in total. The molecule has 0 radical (unpaired) electrons. The first kappa shape index (κ1) is 18.1. The highest BCUT2D eigenvalue weighted by molar-refractivity contribution is 5.94. The Hall–Kier alpha value is -2.21. The minimum atomic E-state index is -0.324. The fourth-order valence-electron chi connectivity index (χ4n) is 2.97. The van der Waals surface area contributed by atoms with Crippen LogP contribution in [0.3, 0.4) is 0 Å². The Balaban J connectivity index is 1.75. The van der Waals surface area contributed by atoms with Crippen LogP contribution in [0.25, 0.3) is 5.57 Å². The molecule has 1 aliphatic heterocycles. The van der Waals surface area contributed by atoms with Crippen LogP contribution in [0.5, 0.6) is 0 Å². The molecule has 6 heteroatoms. The molecule has 1 heterocycles. The van der Waals surface area contributed by atoms with E-state index >= 15 is 0 Å². The summed E-state index contributed by atoms with van der Waals surface area (Å²) in [6, 6.07) is 5.98. The first-order valence-electron chi connectivity index (χ1n) is 8.23. The Morgan fingerprint density at radius 1 is 1.46 bits per heavy atom. The molecule has 1 atom stereocenters. The fraction of sp³-hybridized carbons (Fsp3) is 0.444. The van der Waals surface area contributed by atoms with Crippen molar-refractivity contribution >= 4 is 17.4 Å². The third-order valence-corrected chi connectivity index (χ3v) is 4.24. The van der Waals surface area contributed by atoms with E-state index in [1.807, 2.05) is 0 Å².